The van der Waals surface area contributed by atoms with Crippen molar-refractivity contribution in [2.45, 2.75) is 0 Å². The van der Waals surface area contributed by atoms with E-state index in [9.17, 15) is 10.2 Å². The fraction of sp³-hybridized carbons (Fsp3) is 0. The lowest BCUT2D eigenvalue weighted by molar-refractivity contribution is 0.471. The number of rotatable bonds is 2. The summed E-state index contributed by atoms with van der Waals surface area (Å²) < 4.78 is 0. The summed E-state index contributed by atoms with van der Waals surface area (Å²) in [6, 6.07) is 33.2. The largest absolute Gasteiger partial charge is 0.507 e. The number of hydrogen-bond donors (Lipinski definition) is 2. The highest BCUT2D eigenvalue weighted by atomic mass is 16.3. The molecule has 5 aromatic carbocycles. The van der Waals surface area contributed by atoms with Crippen LogP contribution in [-0.2, 0) is 0 Å². The van der Waals surface area contributed by atoms with Gasteiger partial charge in [-0.1, -0.05) is 78.9 Å². The van der Waals surface area contributed by atoms with Crippen LogP contribution in [0.5, 0.6) is 11.5 Å². The van der Waals surface area contributed by atoms with E-state index in [1.165, 1.54) is 0 Å². The Morgan fingerprint density at radius 2 is 1.16 bits per heavy atom. The number of para-hydroxylation sites is 1. The van der Waals surface area contributed by atoms with E-state index < -0.39 is 0 Å². The predicted octanol–water partition coefficient (Wildman–Crippen LogP) is 7.29. The van der Waals surface area contributed by atoms with Crippen LogP contribution in [0.3, 0.4) is 0 Å². The summed E-state index contributed by atoms with van der Waals surface area (Å²) >= 11 is 0. The number of hydrogen-bond acceptors (Lipinski definition) is 3. The zero-order chi connectivity index (χ0) is 21.7. The van der Waals surface area contributed by atoms with Crippen LogP contribution >= 0.6 is 0 Å². The van der Waals surface area contributed by atoms with E-state index in [-0.39, 0.29) is 11.5 Å². The monoisotopic (exact) mass is 413 g/mol. The fourth-order valence-corrected chi connectivity index (χ4v) is 4.52. The zero-order valence-corrected chi connectivity index (χ0v) is 17.2. The lowest BCUT2D eigenvalue weighted by Gasteiger charge is -2.17. The molecule has 152 valence electrons. The molecule has 1 heterocycles. The van der Waals surface area contributed by atoms with E-state index in [0.717, 1.165) is 32.4 Å². The van der Waals surface area contributed by atoms with Gasteiger partial charge in [0.15, 0.2) is 0 Å². The highest BCUT2D eigenvalue weighted by Gasteiger charge is 2.21. The lowest BCUT2D eigenvalue weighted by Crippen LogP contribution is -1.92. The highest BCUT2D eigenvalue weighted by Crippen LogP contribution is 2.48. The molecule has 0 aliphatic heterocycles. The van der Waals surface area contributed by atoms with Crippen LogP contribution in [0.15, 0.2) is 103 Å². The third kappa shape index (κ3) is 2.79. The number of pyridine rings is 1. The van der Waals surface area contributed by atoms with Gasteiger partial charge < -0.3 is 10.2 Å². The first-order chi connectivity index (χ1) is 15.7. The van der Waals surface area contributed by atoms with E-state index in [4.69, 9.17) is 4.98 Å². The molecule has 0 bridgehead atoms. The highest BCUT2D eigenvalue weighted by molar-refractivity contribution is 6.11. The minimum absolute atomic E-state index is 0.109. The number of fused-ring (bicyclic) bond motifs is 3. The van der Waals surface area contributed by atoms with Crippen molar-refractivity contribution in [1.82, 2.24) is 4.98 Å². The second-order valence-corrected chi connectivity index (χ2v) is 7.94. The summed E-state index contributed by atoms with van der Waals surface area (Å²) in [6.45, 7) is 0. The smallest absolute Gasteiger partial charge is 0.133 e. The van der Waals surface area contributed by atoms with Gasteiger partial charge in [-0.2, -0.15) is 0 Å². The normalized spacial score (nSPS) is 11.4. The number of phenols is 2. The number of benzene rings is 5. The Morgan fingerprint density at radius 3 is 1.97 bits per heavy atom. The number of aromatic nitrogens is 1. The van der Waals surface area contributed by atoms with Crippen molar-refractivity contribution in [2.24, 2.45) is 0 Å². The molecular formula is C29H19NO2. The van der Waals surface area contributed by atoms with E-state index in [1.54, 1.807) is 6.07 Å². The molecule has 6 aromatic rings. The molecule has 2 N–H and O–H groups in total. The average Bonchev–Trinajstić information content (AvgIpc) is 2.84. The maximum Gasteiger partial charge on any atom is 0.133 e. The Kier molecular flexibility index (Phi) is 4.08. The van der Waals surface area contributed by atoms with Crippen LogP contribution in [0.4, 0.5) is 0 Å². The Hall–Kier alpha value is -4.37. The minimum Gasteiger partial charge on any atom is -0.507 e. The first kappa shape index (κ1) is 18.4. The van der Waals surface area contributed by atoms with Gasteiger partial charge in [0.1, 0.15) is 11.5 Å². The number of aromatic hydroxyl groups is 2. The topological polar surface area (TPSA) is 53.4 Å². The van der Waals surface area contributed by atoms with Gasteiger partial charge in [-0.25, -0.2) is 4.98 Å². The molecule has 0 saturated heterocycles. The SMILES string of the molecule is Oc1ccc2ccccc2c1-c1c(O)c(-c2ccc3ccccc3n2)cc2ccccc12. The summed E-state index contributed by atoms with van der Waals surface area (Å²) in [5.74, 6) is 0.242. The molecule has 32 heavy (non-hydrogen) atoms. The fourth-order valence-electron chi connectivity index (χ4n) is 4.52. The van der Waals surface area contributed by atoms with Crippen molar-refractivity contribution < 1.29 is 10.2 Å². The molecular weight excluding hydrogens is 394 g/mol. The van der Waals surface area contributed by atoms with Crippen molar-refractivity contribution in [1.29, 1.82) is 0 Å². The maximum atomic E-state index is 11.6. The van der Waals surface area contributed by atoms with Crippen LogP contribution in [0.25, 0.3) is 54.8 Å². The van der Waals surface area contributed by atoms with Gasteiger partial charge >= 0.3 is 0 Å². The quantitative estimate of drug-likeness (QED) is 0.313. The van der Waals surface area contributed by atoms with Crippen molar-refractivity contribution in [3.05, 3.63) is 103 Å². The first-order valence-electron chi connectivity index (χ1n) is 10.5. The Labute approximate surface area is 184 Å². The molecule has 0 spiro atoms. The third-order valence-electron chi connectivity index (χ3n) is 6.05. The standard InChI is InChI=1S/C29H19NO2/c31-26-16-14-18-7-1-4-10-21(18)27(26)28-22-11-5-2-9-20(22)17-23(29(28)32)25-15-13-19-8-3-6-12-24(19)30-25/h1-17,31-32H. The summed E-state index contributed by atoms with van der Waals surface area (Å²) in [6.07, 6.45) is 0. The summed E-state index contributed by atoms with van der Waals surface area (Å²) in [5.41, 5.74) is 3.43. The molecule has 0 fully saturated rings. The van der Waals surface area contributed by atoms with Gasteiger partial charge in [-0.05, 0) is 45.8 Å². The van der Waals surface area contributed by atoms with Crippen LogP contribution < -0.4 is 0 Å². The maximum absolute atomic E-state index is 11.6. The molecule has 0 aliphatic rings. The minimum atomic E-state index is 0.109. The van der Waals surface area contributed by atoms with Gasteiger partial charge in [0.2, 0.25) is 0 Å². The zero-order valence-electron chi connectivity index (χ0n) is 17.2. The number of nitrogens with zero attached hydrogens (tertiary/aromatic N) is 1. The molecule has 3 nitrogen and oxygen atoms in total. The molecule has 6 rings (SSSR count). The van der Waals surface area contributed by atoms with E-state index in [2.05, 4.69) is 0 Å². The van der Waals surface area contributed by atoms with Gasteiger partial charge in [0, 0.05) is 22.1 Å². The van der Waals surface area contributed by atoms with Crippen molar-refractivity contribution in [2.75, 3.05) is 0 Å². The van der Waals surface area contributed by atoms with Crippen LogP contribution in [-0.4, -0.2) is 15.2 Å². The van der Waals surface area contributed by atoms with Crippen LogP contribution in [0, 0.1) is 0 Å². The molecule has 0 amide bonds. The summed E-state index contributed by atoms with van der Waals surface area (Å²) in [4.78, 5) is 4.81. The summed E-state index contributed by atoms with van der Waals surface area (Å²) in [5, 5.41) is 27.3. The molecule has 0 atom stereocenters. The van der Waals surface area contributed by atoms with Gasteiger partial charge in [-0.3, -0.25) is 0 Å². The van der Waals surface area contributed by atoms with Gasteiger partial charge in [0.25, 0.3) is 0 Å². The molecule has 1 aromatic heterocycles. The Bertz CT molecular complexity index is 1650. The van der Waals surface area contributed by atoms with Crippen LogP contribution in [0.1, 0.15) is 0 Å². The van der Waals surface area contributed by atoms with Crippen molar-refractivity contribution in [3.63, 3.8) is 0 Å². The lowest BCUT2D eigenvalue weighted by atomic mass is 9.89. The molecule has 0 radical (unpaired) electrons. The third-order valence-corrected chi connectivity index (χ3v) is 6.05. The van der Waals surface area contributed by atoms with E-state index in [1.807, 2.05) is 97.1 Å². The van der Waals surface area contributed by atoms with Gasteiger partial charge in [0.05, 0.1) is 11.2 Å². The van der Waals surface area contributed by atoms with E-state index in [0.29, 0.717) is 22.4 Å². The van der Waals surface area contributed by atoms with Crippen LogP contribution in [0.2, 0.25) is 0 Å². The summed E-state index contributed by atoms with van der Waals surface area (Å²) in [7, 11) is 0. The van der Waals surface area contributed by atoms with E-state index >= 15 is 0 Å². The van der Waals surface area contributed by atoms with Crippen molar-refractivity contribution in [3.8, 4) is 33.9 Å². The second-order valence-electron chi connectivity index (χ2n) is 7.94. The predicted molar refractivity (Wildman–Crippen MR) is 131 cm³/mol. The number of phenolic OH excluding ortho intramolecular Hbond substituents is 2. The average molecular weight is 413 g/mol. The van der Waals surface area contributed by atoms with Gasteiger partial charge in [-0.15, -0.1) is 0 Å². The second kappa shape index (κ2) is 7.10. The molecule has 0 saturated carbocycles. The van der Waals surface area contributed by atoms with Crippen molar-refractivity contribution >= 4 is 32.4 Å². The molecule has 3 heteroatoms. The Balaban J connectivity index is 1.73. The molecule has 0 unspecified atom stereocenters. The molecule has 0 aliphatic carbocycles. The first-order valence-corrected chi connectivity index (χ1v) is 10.5. The Morgan fingerprint density at radius 1 is 0.531 bits per heavy atom.